The number of benzene rings is 1. The van der Waals surface area contributed by atoms with Crippen molar-refractivity contribution in [1.29, 1.82) is 0 Å². The molecule has 1 aromatic carbocycles. The number of methoxy groups -OCH3 is 1. The van der Waals surface area contributed by atoms with Crippen LogP contribution in [0.15, 0.2) is 12.1 Å². The van der Waals surface area contributed by atoms with Crippen LogP contribution < -0.4 is 10.1 Å². The van der Waals surface area contributed by atoms with Gasteiger partial charge in [-0.15, -0.1) is 0 Å². The van der Waals surface area contributed by atoms with E-state index in [0.29, 0.717) is 11.3 Å². The smallest absolute Gasteiger partial charge is 0.238 e. The fourth-order valence-electron chi connectivity index (χ4n) is 1.50. The van der Waals surface area contributed by atoms with Crippen molar-refractivity contribution < 1.29 is 19.7 Å². The molecule has 5 nitrogen and oxygen atoms in total. The first-order valence-corrected chi connectivity index (χ1v) is 6.78. The topological polar surface area (TPSA) is 78.8 Å². The summed E-state index contributed by atoms with van der Waals surface area (Å²) in [5, 5.41) is 21.7. The number of hydrogen-bond acceptors (Lipinski definition) is 4. The van der Waals surface area contributed by atoms with Gasteiger partial charge in [-0.25, -0.2) is 0 Å². The van der Waals surface area contributed by atoms with Crippen LogP contribution in [0.4, 0.5) is 5.69 Å². The maximum atomic E-state index is 11.9. The molecule has 6 heteroatoms. The van der Waals surface area contributed by atoms with Gasteiger partial charge in [0.1, 0.15) is 11.5 Å². The summed E-state index contributed by atoms with van der Waals surface area (Å²) < 4.78 is 5.06. The molecule has 0 aliphatic carbocycles. The third-order valence-corrected chi connectivity index (χ3v) is 4.14. The number of hydrogen-bond donors (Lipinski definition) is 3. The molecule has 0 aliphatic rings. The number of anilines is 1. The van der Waals surface area contributed by atoms with Gasteiger partial charge in [-0.1, -0.05) is 29.8 Å². The molecule has 0 saturated heterocycles. The van der Waals surface area contributed by atoms with E-state index in [4.69, 9.17) is 9.84 Å². The molecule has 0 bridgehead atoms. The number of halogens is 1. The van der Waals surface area contributed by atoms with Crippen molar-refractivity contribution in [3.63, 3.8) is 0 Å². The molecule has 0 fully saturated rings. The maximum absolute atomic E-state index is 11.9. The zero-order valence-electron chi connectivity index (χ0n) is 11.1. The highest BCUT2D eigenvalue weighted by molar-refractivity contribution is 9.10. The number of carbonyl (C=O) groups excluding carboxylic acids is 1. The molecular formula is C13H18BrNO4. The Morgan fingerprint density at radius 1 is 1.47 bits per heavy atom. The van der Waals surface area contributed by atoms with Crippen LogP contribution in [-0.2, 0) is 11.4 Å². The number of aliphatic hydroxyl groups is 1. The lowest BCUT2D eigenvalue weighted by atomic mass is 10.1. The SMILES string of the molecule is COc1cc(CO)c(O)c(NC(=O)C(Br)C(C)C)c1. The largest absolute Gasteiger partial charge is 0.505 e. The highest BCUT2D eigenvalue weighted by Crippen LogP contribution is 2.33. The van der Waals surface area contributed by atoms with Gasteiger partial charge < -0.3 is 20.3 Å². The minimum absolute atomic E-state index is 0.116. The van der Waals surface area contributed by atoms with Gasteiger partial charge in [-0.05, 0) is 12.0 Å². The van der Waals surface area contributed by atoms with Gasteiger partial charge in [0.2, 0.25) is 5.91 Å². The van der Waals surface area contributed by atoms with Crippen LogP contribution in [0.25, 0.3) is 0 Å². The number of amides is 1. The van der Waals surface area contributed by atoms with Crippen LogP contribution in [0.5, 0.6) is 11.5 Å². The summed E-state index contributed by atoms with van der Waals surface area (Å²) >= 11 is 3.29. The Bertz CT molecular complexity index is 462. The molecular weight excluding hydrogens is 314 g/mol. The second-order valence-corrected chi connectivity index (χ2v) is 5.46. The van der Waals surface area contributed by atoms with Crippen molar-refractivity contribution in [3.8, 4) is 11.5 Å². The van der Waals surface area contributed by atoms with Crippen LogP contribution in [0.1, 0.15) is 19.4 Å². The molecule has 0 aliphatic heterocycles. The molecule has 19 heavy (non-hydrogen) atoms. The maximum Gasteiger partial charge on any atom is 0.238 e. The number of rotatable bonds is 5. The van der Waals surface area contributed by atoms with Crippen molar-refractivity contribution >= 4 is 27.5 Å². The number of ether oxygens (including phenoxy) is 1. The van der Waals surface area contributed by atoms with E-state index >= 15 is 0 Å². The van der Waals surface area contributed by atoms with Crippen molar-refractivity contribution in [2.75, 3.05) is 12.4 Å². The van der Waals surface area contributed by atoms with Crippen molar-refractivity contribution in [1.82, 2.24) is 0 Å². The fraction of sp³-hybridized carbons (Fsp3) is 0.462. The van der Waals surface area contributed by atoms with E-state index in [9.17, 15) is 9.90 Å². The van der Waals surface area contributed by atoms with Crippen molar-refractivity contribution in [3.05, 3.63) is 17.7 Å². The van der Waals surface area contributed by atoms with Gasteiger partial charge in [0, 0.05) is 11.6 Å². The first-order valence-electron chi connectivity index (χ1n) is 5.86. The standard InChI is InChI=1S/C13H18BrNO4/c1-7(2)11(14)13(18)15-10-5-9(19-3)4-8(6-16)12(10)17/h4-5,7,11,16-17H,6H2,1-3H3,(H,15,18). The van der Waals surface area contributed by atoms with Crippen LogP contribution in [0.3, 0.4) is 0 Å². The lowest BCUT2D eigenvalue weighted by Gasteiger charge is -2.16. The normalized spacial score (nSPS) is 12.3. The Hall–Kier alpha value is -1.27. The summed E-state index contributed by atoms with van der Waals surface area (Å²) in [7, 11) is 1.47. The number of aliphatic hydroxyl groups excluding tert-OH is 1. The molecule has 3 N–H and O–H groups in total. The fourth-order valence-corrected chi connectivity index (χ4v) is 1.62. The summed E-state index contributed by atoms with van der Waals surface area (Å²) in [4.78, 5) is 11.6. The molecule has 0 saturated carbocycles. The van der Waals surface area contributed by atoms with Crippen LogP contribution in [-0.4, -0.2) is 28.1 Å². The molecule has 0 radical (unpaired) electrons. The second kappa shape index (κ2) is 6.77. The van der Waals surface area contributed by atoms with E-state index in [1.807, 2.05) is 13.8 Å². The minimum Gasteiger partial charge on any atom is -0.505 e. The van der Waals surface area contributed by atoms with Gasteiger partial charge >= 0.3 is 0 Å². The minimum atomic E-state index is -0.365. The monoisotopic (exact) mass is 331 g/mol. The lowest BCUT2D eigenvalue weighted by Crippen LogP contribution is -2.27. The van der Waals surface area contributed by atoms with Crippen LogP contribution >= 0.6 is 15.9 Å². The van der Waals surface area contributed by atoms with E-state index in [1.54, 1.807) is 0 Å². The van der Waals surface area contributed by atoms with E-state index in [0.717, 1.165) is 0 Å². The van der Waals surface area contributed by atoms with E-state index in [2.05, 4.69) is 21.2 Å². The molecule has 0 aromatic heterocycles. The number of phenols is 1. The molecule has 1 rings (SSSR count). The van der Waals surface area contributed by atoms with Gasteiger partial charge in [0.15, 0.2) is 0 Å². The summed E-state index contributed by atoms with van der Waals surface area (Å²) in [6.07, 6.45) is 0. The van der Waals surface area contributed by atoms with Gasteiger partial charge in [-0.2, -0.15) is 0 Å². The molecule has 0 heterocycles. The first-order chi connectivity index (χ1) is 8.90. The zero-order chi connectivity index (χ0) is 14.6. The molecule has 106 valence electrons. The molecule has 1 amide bonds. The lowest BCUT2D eigenvalue weighted by molar-refractivity contribution is -0.116. The van der Waals surface area contributed by atoms with E-state index < -0.39 is 0 Å². The average Bonchev–Trinajstić information content (AvgIpc) is 2.39. The van der Waals surface area contributed by atoms with E-state index in [-0.39, 0.29) is 34.7 Å². The molecule has 1 unspecified atom stereocenters. The number of alkyl halides is 1. The number of aromatic hydroxyl groups is 1. The van der Waals surface area contributed by atoms with Gasteiger partial charge in [-0.3, -0.25) is 4.79 Å². The number of carbonyl (C=O) groups is 1. The predicted octanol–water partition coefficient (Wildman–Crippen LogP) is 2.25. The Morgan fingerprint density at radius 3 is 2.58 bits per heavy atom. The third kappa shape index (κ3) is 3.84. The summed E-state index contributed by atoms with van der Waals surface area (Å²) in [6.45, 7) is 3.47. The Morgan fingerprint density at radius 2 is 2.11 bits per heavy atom. The quantitative estimate of drug-likeness (QED) is 0.571. The summed E-state index contributed by atoms with van der Waals surface area (Å²) in [5.41, 5.74) is 0.517. The summed E-state index contributed by atoms with van der Waals surface area (Å²) in [6, 6.07) is 3.02. The van der Waals surface area contributed by atoms with Gasteiger partial charge in [0.25, 0.3) is 0 Å². The molecule has 1 atom stereocenters. The van der Waals surface area contributed by atoms with E-state index in [1.165, 1.54) is 19.2 Å². The highest BCUT2D eigenvalue weighted by Gasteiger charge is 2.20. The Kier molecular flexibility index (Phi) is 5.62. The summed E-state index contributed by atoms with van der Waals surface area (Å²) in [5.74, 6) is 0.153. The Balaban J connectivity index is 3.03. The average molecular weight is 332 g/mol. The zero-order valence-corrected chi connectivity index (χ0v) is 12.7. The number of nitrogens with one attached hydrogen (secondary N) is 1. The second-order valence-electron chi connectivity index (χ2n) is 4.48. The van der Waals surface area contributed by atoms with Crippen LogP contribution in [0.2, 0.25) is 0 Å². The van der Waals surface area contributed by atoms with Crippen molar-refractivity contribution in [2.45, 2.75) is 25.3 Å². The predicted molar refractivity (Wildman–Crippen MR) is 76.8 cm³/mol. The molecule has 0 spiro atoms. The van der Waals surface area contributed by atoms with Crippen molar-refractivity contribution in [2.24, 2.45) is 5.92 Å². The van der Waals surface area contributed by atoms with Gasteiger partial charge in [0.05, 0.1) is 24.2 Å². The highest BCUT2D eigenvalue weighted by atomic mass is 79.9. The Labute approximate surface area is 120 Å². The first kappa shape index (κ1) is 15.8. The van der Waals surface area contributed by atoms with Crippen LogP contribution in [0, 0.1) is 5.92 Å². The molecule has 1 aromatic rings. The third-order valence-electron chi connectivity index (χ3n) is 2.66.